The van der Waals surface area contributed by atoms with E-state index in [1.165, 1.54) is 0 Å². The fourth-order valence-electron chi connectivity index (χ4n) is 2.11. The molecule has 0 radical (unpaired) electrons. The number of carbonyl (C=O) groups is 1. The highest BCUT2D eigenvalue weighted by Gasteiger charge is 2.39. The van der Waals surface area contributed by atoms with Gasteiger partial charge in [0.05, 0.1) is 0 Å². The Morgan fingerprint density at radius 1 is 1.05 bits per heavy atom. The van der Waals surface area contributed by atoms with Gasteiger partial charge in [0.15, 0.2) is 0 Å². The summed E-state index contributed by atoms with van der Waals surface area (Å²) in [5.74, 6) is -1.17. The third kappa shape index (κ3) is 2.80. The SMILES string of the molecule is NC(Cc1ccccc1)(C(=O)O)c1c(Cl)cccc1Cl. The minimum Gasteiger partial charge on any atom is -0.480 e. The monoisotopic (exact) mass is 309 g/mol. The van der Waals surface area contributed by atoms with Gasteiger partial charge in [-0.25, -0.2) is 4.79 Å². The maximum Gasteiger partial charge on any atom is 0.328 e. The maximum atomic E-state index is 11.7. The molecular formula is C15H13Cl2NO2. The predicted octanol–water partition coefficient (Wildman–Crippen LogP) is 3.47. The largest absolute Gasteiger partial charge is 0.480 e. The van der Waals surface area contributed by atoms with Crippen molar-refractivity contribution in [2.45, 2.75) is 12.0 Å². The van der Waals surface area contributed by atoms with Crippen LogP contribution in [0.4, 0.5) is 0 Å². The van der Waals surface area contributed by atoms with E-state index in [9.17, 15) is 9.90 Å². The Morgan fingerprint density at radius 2 is 1.60 bits per heavy atom. The van der Waals surface area contributed by atoms with E-state index < -0.39 is 11.5 Å². The van der Waals surface area contributed by atoms with Gasteiger partial charge in [-0.2, -0.15) is 0 Å². The normalized spacial score (nSPS) is 13.8. The molecule has 0 aliphatic rings. The van der Waals surface area contributed by atoms with Crippen molar-refractivity contribution in [3.8, 4) is 0 Å². The Hall–Kier alpha value is -1.55. The van der Waals surface area contributed by atoms with E-state index in [2.05, 4.69) is 0 Å². The van der Waals surface area contributed by atoms with Crippen molar-refractivity contribution in [3.05, 3.63) is 69.7 Å². The van der Waals surface area contributed by atoms with Crippen molar-refractivity contribution < 1.29 is 9.90 Å². The lowest BCUT2D eigenvalue weighted by Gasteiger charge is -2.27. The highest BCUT2D eigenvalue weighted by molar-refractivity contribution is 6.36. The first-order chi connectivity index (χ1) is 9.45. The molecule has 2 aromatic carbocycles. The maximum absolute atomic E-state index is 11.7. The number of benzene rings is 2. The molecule has 104 valence electrons. The standard InChI is InChI=1S/C15H13Cl2NO2/c16-11-7-4-8-12(17)13(11)15(18,14(19)20)9-10-5-2-1-3-6-10/h1-8H,9,18H2,(H,19,20). The van der Waals surface area contributed by atoms with E-state index in [-0.39, 0.29) is 22.0 Å². The molecule has 1 unspecified atom stereocenters. The summed E-state index contributed by atoms with van der Waals surface area (Å²) in [4.78, 5) is 11.7. The lowest BCUT2D eigenvalue weighted by molar-refractivity contribution is -0.143. The summed E-state index contributed by atoms with van der Waals surface area (Å²) in [6, 6.07) is 13.9. The second-order valence-electron chi connectivity index (χ2n) is 4.54. The molecule has 3 N–H and O–H groups in total. The molecule has 5 heteroatoms. The zero-order valence-corrected chi connectivity index (χ0v) is 12.0. The number of hydrogen-bond donors (Lipinski definition) is 2. The van der Waals surface area contributed by atoms with E-state index in [0.717, 1.165) is 5.56 Å². The summed E-state index contributed by atoms with van der Waals surface area (Å²) in [6.45, 7) is 0. The van der Waals surface area contributed by atoms with Gasteiger partial charge in [-0.15, -0.1) is 0 Å². The number of nitrogens with two attached hydrogens (primary N) is 1. The van der Waals surface area contributed by atoms with Crippen LogP contribution in [-0.4, -0.2) is 11.1 Å². The number of hydrogen-bond acceptors (Lipinski definition) is 2. The zero-order valence-electron chi connectivity index (χ0n) is 10.5. The van der Waals surface area contributed by atoms with Gasteiger partial charge >= 0.3 is 5.97 Å². The lowest BCUT2D eigenvalue weighted by atomic mass is 9.84. The van der Waals surface area contributed by atoms with Gasteiger partial charge in [0.1, 0.15) is 5.54 Å². The molecule has 0 saturated heterocycles. The van der Waals surface area contributed by atoms with Gasteiger partial charge in [0.25, 0.3) is 0 Å². The van der Waals surface area contributed by atoms with Gasteiger partial charge in [-0.05, 0) is 17.7 Å². The van der Waals surface area contributed by atoms with Gasteiger partial charge in [-0.1, -0.05) is 59.6 Å². The molecule has 2 aromatic rings. The highest BCUT2D eigenvalue weighted by Crippen LogP contribution is 2.35. The van der Waals surface area contributed by atoms with Crippen molar-refractivity contribution >= 4 is 29.2 Å². The summed E-state index contributed by atoms with van der Waals surface area (Å²) in [7, 11) is 0. The number of aliphatic carboxylic acids is 1. The summed E-state index contributed by atoms with van der Waals surface area (Å²) < 4.78 is 0. The molecule has 0 fully saturated rings. The van der Waals surface area contributed by atoms with Crippen LogP contribution in [0.2, 0.25) is 10.0 Å². The molecule has 0 amide bonds. The fourth-order valence-corrected chi connectivity index (χ4v) is 2.85. The van der Waals surface area contributed by atoms with Crippen LogP contribution < -0.4 is 5.73 Å². The van der Waals surface area contributed by atoms with Crippen molar-refractivity contribution in [1.29, 1.82) is 0 Å². The van der Waals surface area contributed by atoms with Gasteiger partial charge in [0, 0.05) is 22.0 Å². The van der Waals surface area contributed by atoms with Crippen LogP contribution >= 0.6 is 23.2 Å². The Morgan fingerprint density at radius 3 is 2.10 bits per heavy atom. The number of carboxylic acids is 1. The fraction of sp³-hybridized carbons (Fsp3) is 0.133. The summed E-state index contributed by atoms with van der Waals surface area (Å²) in [5.41, 5.74) is 5.49. The van der Waals surface area contributed by atoms with Crippen LogP contribution in [0.1, 0.15) is 11.1 Å². The molecule has 0 bridgehead atoms. The Kier molecular flexibility index (Phi) is 4.33. The molecule has 0 aromatic heterocycles. The first kappa shape index (κ1) is 14.9. The minimum absolute atomic E-state index is 0.104. The quantitative estimate of drug-likeness (QED) is 0.909. The first-order valence-electron chi connectivity index (χ1n) is 5.96. The number of halogens is 2. The van der Waals surface area contributed by atoms with E-state index in [1.54, 1.807) is 18.2 Å². The molecule has 0 saturated carbocycles. The van der Waals surface area contributed by atoms with Crippen LogP contribution in [-0.2, 0) is 16.8 Å². The van der Waals surface area contributed by atoms with E-state index in [0.29, 0.717) is 0 Å². The second kappa shape index (κ2) is 5.83. The summed E-state index contributed by atoms with van der Waals surface area (Å²) in [6.07, 6.45) is 0.104. The number of rotatable bonds is 4. The van der Waals surface area contributed by atoms with E-state index in [1.807, 2.05) is 30.3 Å². The lowest BCUT2D eigenvalue weighted by Crippen LogP contribution is -2.47. The molecule has 20 heavy (non-hydrogen) atoms. The first-order valence-corrected chi connectivity index (χ1v) is 6.71. The van der Waals surface area contributed by atoms with Crippen LogP contribution in [0.5, 0.6) is 0 Å². The second-order valence-corrected chi connectivity index (χ2v) is 5.35. The van der Waals surface area contributed by atoms with Crippen LogP contribution in [0.25, 0.3) is 0 Å². The van der Waals surface area contributed by atoms with Crippen molar-refractivity contribution in [3.63, 3.8) is 0 Å². The molecule has 0 spiro atoms. The average Bonchev–Trinajstić information content (AvgIpc) is 2.39. The van der Waals surface area contributed by atoms with Crippen molar-refractivity contribution in [2.75, 3.05) is 0 Å². The molecule has 0 heterocycles. The third-order valence-corrected chi connectivity index (χ3v) is 3.75. The van der Waals surface area contributed by atoms with E-state index >= 15 is 0 Å². The highest BCUT2D eigenvalue weighted by atomic mass is 35.5. The molecule has 0 aliphatic heterocycles. The van der Waals surface area contributed by atoms with Gasteiger partial charge in [-0.3, -0.25) is 0 Å². The van der Waals surface area contributed by atoms with Crippen molar-refractivity contribution in [2.24, 2.45) is 5.73 Å². The third-order valence-electron chi connectivity index (χ3n) is 3.12. The molecular weight excluding hydrogens is 297 g/mol. The molecule has 2 rings (SSSR count). The van der Waals surface area contributed by atoms with Gasteiger partial charge in [0.2, 0.25) is 0 Å². The number of carboxylic acid groups (broad SMARTS) is 1. The summed E-state index contributed by atoms with van der Waals surface area (Å²) >= 11 is 12.2. The van der Waals surface area contributed by atoms with Gasteiger partial charge < -0.3 is 10.8 Å². The van der Waals surface area contributed by atoms with Crippen LogP contribution in [0.15, 0.2) is 48.5 Å². The van der Waals surface area contributed by atoms with Crippen molar-refractivity contribution in [1.82, 2.24) is 0 Å². The zero-order chi connectivity index (χ0) is 14.8. The topological polar surface area (TPSA) is 63.3 Å². The molecule has 0 aliphatic carbocycles. The molecule has 1 atom stereocenters. The summed E-state index contributed by atoms with van der Waals surface area (Å²) in [5, 5.41) is 10.1. The Balaban J connectivity index is 2.53. The average molecular weight is 310 g/mol. The van der Waals surface area contributed by atoms with E-state index in [4.69, 9.17) is 28.9 Å². The Labute approximate surface area is 126 Å². The molecule has 3 nitrogen and oxygen atoms in total. The smallest absolute Gasteiger partial charge is 0.328 e. The minimum atomic E-state index is -1.67. The van der Waals surface area contributed by atoms with Crippen LogP contribution in [0.3, 0.4) is 0 Å². The predicted molar refractivity (Wildman–Crippen MR) is 80.1 cm³/mol. The van der Waals surface area contributed by atoms with Crippen LogP contribution in [0, 0.1) is 0 Å². The Bertz CT molecular complexity index is 611.